The zero-order valence-corrected chi connectivity index (χ0v) is 7.07. The summed E-state index contributed by atoms with van der Waals surface area (Å²) in [6.45, 7) is 4.29. The molecule has 0 rings (SSSR count). The molecule has 0 N–H and O–H groups in total. The highest BCUT2D eigenvalue weighted by Crippen LogP contribution is 2.07. The fourth-order valence-corrected chi connectivity index (χ4v) is 1.67. The molecule has 0 aromatic rings. The van der Waals surface area contributed by atoms with Gasteiger partial charge < -0.3 is 0 Å². The topological polar surface area (TPSA) is 0 Å². The van der Waals surface area contributed by atoms with E-state index in [0.29, 0.717) is 0 Å². The molecule has 0 atom stereocenters. The van der Waals surface area contributed by atoms with Crippen LogP contribution in [0.15, 0.2) is 0 Å². The Bertz CT molecular complexity index is 60.9. The van der Waals surface area contributed by atoms with Gasteiger partial charge in [0.15, 0.2) is 0 Å². The predicted octanol–water partition coefficient (Wildman–Crippen LogP) is 2.87. The Balaban J connectivity index is 3.06. The summed E-state index contributed by atoms with van der Waals surface area (Å²) in [4.78, 5) is 0. The summed E-state index contributed by atoms with van der Waals surface area (Å²) in [5.74, 6) is 1.12. The maximum atomic E-state index is 5.02. The fourth-order valence-electron chi connectivity index (χ4n) is 0.437. The zero-order chi connectivity index (χ0) is 6.41. The molecule has 0 aliphatic rings. The molecule has 0 bridgehead atoms. The van der Waals surface area contributed by atoms with Crippen LogP contribution in [0.1, 0.15) is 26.7 Å². The number of thiocarbonyl (C=S) groups is 1. The zero-order valence-electron chi connectivity index (χ0n) is 5.44. The van der Waals surface area contributed by atoms with Gasteiger partial charge in [-0.2, -0.15) is 0 Å². The van der Waals surface area contributed by atoms with Crippen LogP contribution in [0.5, 0.6) is 0 Å². The summed E-state index contributed by atoms with van der Waals surface area (Å²) in [6.07, 6.45) is 2.29. The van der Waals surface area contributed by atoms with E-state index in [1.165, 1.54) is 6.42 Å². The second kappa shape index (κ2) is 5.57. The second-order valence-corrected chi connectivity index (χ2v) is 3.67. The van der Waals surface area contributed by atoms with Gasteiger partial charge >= 0.3 is 0 Å². The SMILES string of the molecule is CCCC(=S)SCC. The summed E-state index contributed by atoms with van der Waals surface area (Å²) in [6, 6.07) is 0. The maximum Gasteiger partial charge on any atom is 0.0478 e. The second-order valence-electron chi connectivity index (χ2n) is 1.56. The molecular formula is C6H12S2. The van der Waals surface area contributed by atoms with Crippen molar-refractivity contribution in [2.45, 2.75) is 26.7 Å². The van der Waals surface area contributed by atoms with Gasteiger partial charge in [-0.25, -0.2) is 0 Å². The van der Waals surface area contributed by atoms with E-state index in [4.69, 9.17) is 12.2 Å². The highest BCUT2D eigenvalue weighted by Gasteiger charge is 1.90. The number of hydrogen-bond acceptors (Lipinski definition) is 2. The molecule has 0 fully saturated rings. The van der Waals surface area contributed by atoms with Crippen molar-refractivity contribution in [3.8, 4) is 0 Å². The van der Waals surface area contributed by atoms with Crippen LogP contribution in [-0.4, -0.2) is 9.95 Å². The molecule has 0 unspecified atom stereocenters. The summed E-state index contributed by atoms with van der Waals surface area (Å²) >= 11 is 6.80. The van der Waals surface area contributed by atoms with Gasteiger partial charge in [0.05, 0.1) is 0 Å². The van der Waals surface area contributed by atoms with Gasteiger partial charge in [-0.3, -0.25) is 0 Å². The standard InChI is InChI=1S/C6H12S2/c1-3-5-6(7)8-4-2/h3-5H2,1-2H3. The molecule has 2 heteroatoms. The third-order valence-electron chi connectivity index (χ3n) is 0.759. The average Bonchev–Trinajstić information content (AvgIpc) is 1.68. The molecule has 0 saturated carbocycles. The van der Waals surface area contributed by atoms with Crippen LogP contribution in [-0.2, 0) is 0 Å². The van der Waals surface area contributed by atoms with Crippen LogP contribution < -0.4 is 0 Å². The maximum absolute atomic E-state index is 5.02. The van der Waals surface area contributed by atoms with Crippen LogP contribution in [0.3, 0.4) is 0 Å². The number of rotatable bonds is 3. The van der Waals surface area contributed by atoms with E-state index in [1.807, 2.05) is 0 Å². The van der Waals surface area contributed by atoms with Gasteiger partial charge in [-0.05, 0) is 12.2 Å². The Hall–Kier alpha value is 0.440. The number of hydrogen-bond donors (Lipinski definition) is 0. The Morgan fingerprint density at radius 3 is 2.50 bits per heavy atom. The molecular weight excluding hydrogens is 136 g/mol. The molecule has 0 aromatic heterocycles. The molecule has 0 nitrogen and oxygen atoms in total. The van der Waals surface area contributed by atoms with Crippen molar-refractivity contribution >= 4 is 28.2 Å². The Morgan fingerprint density at radius 1 is 1.50 bits per heavy atom. The fraction of sp³-hybridized carbons (Fsp3) is 0.833. The molecule has 48 valence electrons. The first-order valence-corrected chi connectivity index (χ1v) is 4.36. The van der Waals surface area contributed by atoms with Crippen molar-refractivity contribution in [1.82, 2.24) is 0 Å². The molecule has 0 saturated heterocycles. The normalized spacial score (nSPS) is 9.25. The molecule has 0 radical (unpaired) electrons. The lowest BCUT2D eigenvalue weighted by molar-refractivity contribution is 1.01. The number of thioether (sulfide) groups is 1. The average molecular weight is 148 g/mol. The van der Waals surface area contributed by atoms with Gasteiger partial charge in [0, 0.05) is 4.20 Å². The monoisotopic (exact) mass is 148 g/mol. The molecule has 0 spiro atoms. The van der Waals surface area contributed by atoms with Crippen LogP contribution in [0, 0.1) is 0 Å². The summed E-state index contributed by atoms with van der Waals surface area (Å²) < 4.78 is 1.16. The summed E-state index contributed by atoms with van der Waals surface area (Å²) in [5.41, 5.74) is 0. The van der Waals surface area contributed by atoms with E-state index in [1.54, 1.807) is 11.8 Å². The minimum Gasteiger partial charge on any atom is -0.119 e. The van der Waals surface area contributed by atoms with Crippen molar-refractivity contribution in [3.63, 3.8) is 0 Å². The van der Waals surface area contributed by atoms with Crippen LogP contribution >= 0.6 is 24.0 Å². The van der Waals surface area contributed by atoms with Crippen molar-refractivity contribution in [1.29, 1.82) is 0 Å². The lowest BCUT2D eigenvalue weighted by atomic mass is 10.4. The lowest BCUT2D eigenvalue weighted by Gasteiger charge is -1.95. The first-order chi connectivity index (χ1) is 3.81. The smallest absolute Gasteiger partial charge is 0.0478 e. The Kier molecular flexibility index (Phi) is 5.88. The van der Waals surface area contributed by atoms with Crippen molar-refractivity contribution < 1.29 is 0 Å². The largest absolute Gasteiger partial charge is 0.119 e. The first-order valence-electron chi connectivity index (χ1n) is 2.96. The molecule has 0 aliphatic carbocycles. The highest BCUT2D eigenvalue weighted by molar-refractivity contribution is 8.23. The molecule has 8 heavy (non-hydrogen) atoms. The van der Waals surface area contributed by atoms with Gasteiger partial charge in [-0.1, -0.05) is 32.5 Å². The van der Waals surface area contributed by atoms with E-state index in [9.17, 15) is 0 Å². The van der Waals surface area contributed by atoms with E-state index in [-0.39, 0.29) is 0 Å². The van der Waals surface area contributed by atoms with Crippen LogP contribution in [0.25, 0.3) is 0 Å². The molecule has 0 heterocycles. The lowest BCUT2D eigenvalue weighted by Crippen LogP contribution is -1.85. The Labute approximate surface area is 61.0 Å². The van der Waals surface area contributed by atoms with E-state index < -0.39 is 0 Å². The van der Waals surface area contributed by atoms with Crippen LogP contribution in [0.4, 0.5) is 0 Å². The minimum absolute atomic E-state index is 1.10. The summed E-state index contributed by atoms with van der Waals surface area (Å²) in [7, 11) is 0. The summed E-state index contributed by atoms with van der Waals surface area (Å²) in [5, 5.41) is 0. The first kappa shape index (κ1) is 8.44. The molecule has 0 aliphatic heterocycles. The van der Waals surface area contributed by atoms with E-state index in [0.717, 1.165) is 16.4 Å². The van der Waals surface area contributed by atoms with Gasteiger partial charge in [-0.15, -0.1) is 11.8 Å². The van der Waals surface area contributed by atoms with Crippen molar-refractivity contribution in [3.05, 3.63) is 0 Å². The third-order valence-corrected chi connectivity index (χ3v) is 2.13. The third kappa shape index (κ3) is 4.60. The van der Waals surface area contributed by atoms with Crippen LogP contribution in [0.2, 0.25) is 0 Å². The van der Waals surface area contributed by atoms with Crippen molar-refractivity contribution in [2.75, 3.05) is 5.75 Å². The van der Waals surface area contributed by atoms with Gasteiger partial charge in [0.2, 0.25) is 0 Å². The molecule has 0 amide bonds. The van der Waals surface area contributed by atoms with Gasteiger partial charge in [0.1, 0.15) is 0 Å². The quantitative estimate of drug-likeness (QED) is 0.564. The highest BCUT2D eigenvalue weighted by atomic mass is 32.2. The molecule has 0 aromatic carbocycles. The predicted molar refractivity (Wildman–Crippen MR) is 45.6 cm³/mol. The van der Waals surface area contributed by atoms with E-state index in [2.05, 4.69) is 13.8 Å². The van der Waals surface area contributed by atoms with E-state index >= 15 is 0 Å². The van der Waals surface area contributed by atoms with Crippen molar-refractivity contribution in [2.24, 2.45) is 0 Å². The minimum atomic E-state index is 1.10. The van der Waals surface area contributed by atoms with Gasteiger partial charge in [0.25, 0.3) is 0 Å². The Morgan fingerprint density at radius 2 is 2.12 bits per heavy atom.